The number of rotatable bonds is 7. The summed E-state index contributed by atoms with van der Waals surface area (Å²) >= 11 is 7.47. The Morgan fingerprint density at radius 3 is 2.71 bits per heavy atom. The summed E-state index contributed by atoms with van der Waals surface area (Å²) in [4.78, 5) is 11.5. The van der Waals surface area contributed by atoms with E-state index in [9.17, 15) is 10.1 Å². The Labute approximate surface area is 185 Å². The van der Waals surface area contributed by atoms with Gasteiger partial charge in [0.1, 0.15) is 12.7 Å². The molecule has 0 radical (unpaired) electrons. The van der Waals surface area contributed by atoms with Gasteiger partial charge in [0.05, 0.1) is 11.1 Å². The second kappa shape index (κ2) is 9.06. The molecule has 0 atom stereocenters. The third-order valence-electron chi connectivity index (χ3n) is 4.26. The summed E-state index contributed by atoms with van der Waals surface area (Å²) in [6.45, 7) is 2.63. The zero-order chi connectivity index (χ0) is 21.8. The first-order valence-corrected chi connectivity index (χ1v) is 10.3. The molecule has 2 aromatic carbocycles. The lowest BCUT2D eigenvalue weighted by atomic mass is 10.2. The minimum absolute atomic E-state index is 0.0360. The molecule has 12 heteroatoms. The first-order valence-electron chi connectivity index (χ1n) is 9.09. The molecular formula is C19H15ClN8O2S. The van der Waals surface area contributed by atoms with E-state index >= 15 is 0 Å². The van der Waals surface area contributed by atoms with E-state index in [1.165, 1.54) is 47.4 Å². The SMILES string of the molecule is CCn1c(Sc2ccc([N+](=O)[O-])cc2/C=N/n2cnnc2)nnc1-c1cccc(Cl)c1. The van der Waals surface area contributed by atoms with Crippen molar-refractivity contribution in [3.8, 4) is 11.4 Å². The van der Waals surface area contributed by atoms with E-state index in [0.29, 0.717) is 28.1 Å². The zero-order valence-corrected chi connectivity index (χ0v) is 17.7. The van der Waals surface area contributed by atoms with Crippen LogP contribution in [0.3, 0.4) is 0 Å². The summed E-state index contributed by atoms with van der Waals surface area (Å²) in [7, 11) is 0. The Morgan fingerprint density at radius 1 is 1.19 bits per heavy atom. The van der Waals surface area contributed by atoms with Crippen LogP contribution in [0.5, 0.6) is 0 Å². The monoisotopic (exact) mass is 454 g/mol. The molecule has 156 valence electrons. The highest BCUT2D eigenvalue weighted by Crippen LogP contribution is 2.33. The van der Waals surface area contributed by atoms with E-state index in [1.54, 1.807) is 12.1 Å². The van der Waals surface area contributed by atoms with Gasteiger partial charge >= 0.3 is 0 Å². The van der Waals surface area contributed by atoms with Crippen LogP contribution >= 0.6 is 23.4 Å². The first kappa shape index (κ1) is 20.7. The van der Waals surface area contributed by atoms with Gasteiger partial charge in [-0.3, -0.25) is 10.1 Å². The molecule has 0 unspecified atom stereocenters. The summed E-state index contributed by atoms with van der Waals surface area (Å²) in [6.07, 6.45) is 4.36. The highest BCUT2D eigenvalue weighted by atomic mass is 35.5. The molecule has 0 saturated heterocycles. The van der Waals surface area contributed by atoms with Gasteiger partial charge in [0.15, 0.2) is 11.0 Å². The molecule has 2 heterocycles. The highest BCUT2D eigenvalue weighted by Gasteiger charge is 2.17. The van der Waals surface area contributed by atoms with Gasteiger partial charge in [0.25, 0.3) is 5.69 Å². The van der Waals surface area contributed by atoms with Crippen LogP contribution < -0.4 is 0 Å². The maximum Gasteiger partial charge on any atom is 0.270 e. The maximum absolute atomic E-state index is 11.2. The Hall–Kier alpha value is -3.57. The van der Waals surface area contributed by atoms with Gasteiger partial charge in [-0.2, -0.15) is 5.10 Å². The second-order valence-corrected chi connectivity index (χ2v) is 7.67. The summed E-state index contributed by atoms with van der Waals surface area (Å²) < 4.78 is 3.36. The van der Waals surface area contributed by atoms with Crippen LogP contribution in [0, 0.1) is 10.1 Å². The van der Waals surface area contributed by atoms with Crippen molar-refractivity contribution in [1.29, 1.82) is 0 Å². The average molecular weight is 455 g/mol. The van der Waals surface area contributed by atoms with Crippen LogP contribution in [0.2, 0.25) is 5.02 Å². The quantitative estimate of drug-likeness (QED) is 0.234. The molecule has 31 heavy (non-hydrogen) atoms. The number of benzene rings is 2. The molecule has 2 aromatic heterocycles. The molecule has 0 aliphatic rings. The normalized spacial score (nSPS) is 11.3. The molecule has 4 rings (SSSR count). The van der Waals surface area contributed by atoms with Gasteiger partial charge in [-0.25, -0.2) is 4.68 Å². The lowest BCUT2D eigenvalue weighted by Crippen LogP contribution is -2.00. The molecule has 0 fully saturated rings. The topological polar surface area (TPSA) is 117 Å². The number of non-ortho nitro benzene ring substituents is 1. The van der Waals surface area contributed by atoms with Gasteiger partial charge in [0.2, 0.25) is 0 Å². The second-order valence-electron chi connectivity index (χ2n) is 6.23. The minimum Gasteiger partial charge on any atom is -0.302 e. The van der Waals surface area contributed by atoms with Crippen LogP contribution in [0.4, 0.5) is 5.69 Å². The van der Waals surface area contributed by atoms with Crippen molar-refractivity contribution in [3.63, 3.8) is 0 Å². The van der Waals surface area contributed by atoms with Crippen LogP contribution in [0.25, 0.3) is 11.4 Å². The van der Waals surface area contributed by atoms with Gasteiger partial charge < -0.3 is 4.57 Å². The predicted octanol–water partition coefficient (Wildman–Crippen LogP) is 4.15. The van der Waals surface area contributed by atoms with E-state index in [1.807, 2.05) is 29.7 Å². The van der Waals surface area contributed by atoms with Gasteiger partial charge in [-0.1, -0.05) is 23.7 Å². The highest BCUT2D eigenvalue weighted by molar-refractivity contribution is 7.99. The molecule has 0 aliphatic heterocycles. The summed E-state index contributed by atoms with van der Waals surface area (Å²) in [6, 6.07) is 12.0. The number of aromatic nitrogens is 6. The zero-order valence-electron chi connectivity index (χ0n) is 16.2. The van der Waals surface area contributed by atoms with Gasteiger partial charge in [-0.15, -0.1) is 20.4 Å². The molecule has 0 amide bonds. The number of nitrogens with zero attached hydrogens (tertiary/aromatic N) is 8. The molecule has 10 nitrogen and oxygen atoms in total. The summed E-state index contributed by atoms with van der Waals surface area (Å²) in [5, 5.41) is 32.7. The van der Waals surface area contributed by atoms with Crippen LogP contribution in [-0.4, -0.2) is 40.8 Å². The number of halogens is 1. The van der Waals surface area contributed by atoms with Crippen molar-refractivity contribution in [1.82, 2.24) is 29.6 Å². The van der Waals surface area contributed by atoms with Crippen molar-refractivity contribution >= 4 is 35.3 Å². The van der Waals surface area contributed by atoms with Crippen LogP contribution in [-0.2, 0) is 6.54 Å². The van der Waals surface area contributed by atoms with E-state index < -0.39 is 4.92 Å². The van der Waals surface area contributed by atoms with Crippen molar-refractivity contribution in [2.75, 3.05) is 0 Å². The van der Waals surface area contributed by atoms with Gasteiger partial charge in [-0.05, 0) is 36.9 Å². The Morgan fingerprint density at radius 2 is 2.00 bits per heavy atom. The molecular weight excluding hydrogens is 440 g/mol. The maximum atomic E-state index is 11.2. The molecule has 0 saturated carbocycles. The third-order valence-corrected chi connectivity index (χ3v) is 5.57. The summed E-state index contributed by atoms with van der Waals surface area (Å²) in [5.74, 6) is 0.689. The van der Waals surface area contributed by atoms with Crippen molar-refractivity contribution in [2.24, 2.45) is 5.10 Å². The average Bonchev–Trinajstić information content (AvgIpc) is 3.42. The number of nitro benzene ring substituents is 1. The number of hydrogen-bond donors (Lipinski definition) is 0. The standard InChI is InChI=1S/C19H15ClN8O2S/c1-2-27-18(13-4-3-5-15(20)8-13)24-25-19(27)31-17-7-6-16(28(29)30)9-14(17)10-23-26-11-21-22-12-26/h3-12H,2H2,1H3/b23-10+. The van der Waals surface area contributed by atoms with Crippen molar-refractivity contribution in [2.45, 2.75) is 23.5 Å². The van der Waals surface area contributed by atoms with Gasteiger partial charge in [0, 0.05) is 39.7 Å². The molecule has 4 aromatic rings. The summed E-state index contributed by atoms with van der Waals surface area (Å²) in [5.41, 5.74) is 1.38. The van der Waals surface area contributed by atoms with E-state index in [-0.39, 0.29) is 5.69 Å². The Bertz CT molecular complexity index is 1260. The van der Waals surface area contributed by atoms with Crippen molar-refractivity contribution in [3.05, 3.63) is 75.8 Å². The molecule has 0 N–H and O–H groups in total. The molecule has 0 bridgehead atoms. The van der Waals surface area contributed by atoms with Crippen molar-refractivity contribution < 1.29 is 4.92 Å². The number of hydrogen-bond acceptors (Lipinski definition) is 8. The van der Waals surface area contributed by atoms with E-state index in [2.05, 4.69) is 25.5 Å². The van der Waals surface area contributed by atoms with E-state index in [4.69, 9.17) is 11.6 Å². The lowest BCUT2D eigenvalue weighted by molar-refractivity contribution is -0.384. The Kier molecular flexibility index (Phi) is 6.05. The lowest BCUT2D eigenvalue weighted by Gasteiger charge is -2.09. The fraction of sp³-hybridized carbons (Fsp3) is 0.105. The largest absolute Gasteiger partial charge is 0.302 e. The molecule has 0 aliphatic carbocycles. The predicted molar refractivity (Wildman–Crippen MR) is 116 cm³/mol. The Balaban J connectivity index is 1.71. The fourth-order valence-corrected chi connectivity index (χ4v) is 3.98. The fourth-order valence-electron chi connectivity index (χ4n) is 2.82. The minimum atomic E-state index is -0.448. The van der Waals surface area contributed by atoms with Crippen LogP contribution in [0.1, 0.15) is 12.5 Å². The smallest absolute Gasteiger partial charge is 0.270 e. The third kappa shape index (κ3) is 4.62. The van der Waals surface area contributed by atoms with E-state index in [0.717, 1.165) is 10.5 Å². The first-order chi connectivity index (χ1) is 15.0. The van der Waals surface area contributed by atoms with Crippen LogP contribution in [0.15, 0.2) is 70.3 Å². The molecule has 0 spiro atoms. The number of nitro groups is 1.